The number of hydrogen-bond acceptors (Lipinski definition) is 5. The molecule has 3 aromatic carbocycles. The molecule has 6 nitrogen and oxygen atoms in total. The Kier molecular flexibility index (Phi) is 8.77. The van der Waals surface area contributed by atoms with Gasteiger partial charge in [0.05, 0.1) is 15.2 Å². The first-order valence-corrected chi connectivity index (χ1v) is 16.8. The van der Waals surface area contributed by atoms with Gasteiger partial charge in [0.25, 0.3) is 5.91 Å². The normalized spacial score (nSPS) is 19.1. The van der Waals surface area contributed by atoms with Crippen LogP contribution in [-0.4, -0.2) is 29.0 Å². The molecule has 1 aliphatic heterocycles. The first-order chi connectivity index (χ1) is 21.8. The van der Waals surface area contributed by atoms with E-state index in [2.05, 4.69) is 66.0 Å². The zero-order valence-corrected chi connectivity index (χ0v) is 28.9. The second-order valence-electron chi connectivity index (χ2n) is 14.1. The van der Waals surface area contributed by atoms with E-state index in [1.165, 1.54) is 0 Å². The Morgan fingerprint density at radius 1 is 0.870 bits per heavy atom. The smallest absolute Gasteiger partial charge is 0.262 e. The van der Waals surface area contributed by atoms with Crippen LogP contribution in [0.1, 0.15) is 70.4 Å². The highest BCUT2D eigenvalue weighted by Crippen LogP contribution is 2.55. The molecule has 46 heavy (non-hydrogen) atoms. The lowest BCUT2D eigenvalue weighted by atomic mass is 9.63. The van der Waals surface area contributed by atoms with Crippen molar-refractivity contribution in [2.24, 2.45) is 10.8 Å². The van der Waals surface area contributed by atoms with Crippen LogP contribution in [0.4, 0.5) is 5.69 Å². The van der Waals surface area contributed by atoms with Gasteiger partial charge in [-0.25, -0.2) is 0 Å². The van der Waals surface area contributed by atoms with Crippen molar-refractivity contribution < 1.29 is 19.1 Å². The molecule has 8 heteroatoms. The molecule has 0 saturated carbocycles. The van der Waals surface area contributed by atoms with E-state index < -0.39 is 5.92 Å². The number of anilines is 1. The summed E-state index contributed by atoms with van der Waals surface area (Å²) in [6, 6.07) is 22.9. The summed E-state index contributed by atoms with van der Waals surface area (Å²) in [5.74, 6) is -0.157. The molecule has 0 fully saturated rings. The summed E-state index contributed by atoms with van der Waals surface area (Å²) in [5, 5.41) is 3.21. The lowest BCUT2D eigenvalue weighted by molar-refractivity contribution is -0.120. The summed E-state index contributed by atoms with van der Waals surface area (Å²) >= 11 is 9.83. The number of carbonyl (C=O) groups excluding carboxylic acids is 3. The maximum Gasteiger partial charge on any atom is 0.262 e. The zero-order valence-electron chi connectivity index (χ0n) is 26.6. The van der Waals surface area contributed by atoms with E-state index in [0.717, 1.165) is 46.5 Å². The monoisotopic (exact) mass is 700 g/mol. The van der Waals surface area contributed by atoms with Crippen LogP contribution in [-0.2, 0) is 20.9 Å². The summed E-state index contributed by atoms with van der Waals surface area (Å²) in [7, 11) is 0. The molecule has 3 aromatic rings. The van der Waals surface area contributed by atoms with Crippen LogP contribution in [0, 0.1) is 10.8 Å². The van der Waals surface area contributed by atoms with Crippen LogP contribution in [0.3, 0.4) is 0 Å². The second-order valence-corrected chi connectivity index (χ2v) is 15.4. The molecule has 3 aliphatic rings. The average Bonchev–Trinajstić information content (AvgIpc) is 2.98. The predicted octanol–water partition coefficient (Wildman–Crippen LogP) is 9.01. The van der Waals surface area contributed by atoms with Crippen molar-refractivity contribution in [3.05, 3.63) is 116 Å². The molecule has 0 radical (unpaired) electrons. The second kappa shape index (κ2) is 12.5. The number of benzene rings is 3. The number of ketones is 2. The van der Waals surface area contributed by atoms with Crippen molar-refractivity contribution in [1.82, 2.24) is 4.90 Å². The summed E-state index contributed by atoms with van der Waals surface area (Å²) < 4.78 is 6.52. The van der Waals surface area contributed by atoms with Gasteiger partial charge in [0.15, 0.2) is 18.2 Å². The van der Waals surface area contributed by atoms with E-state index in [4.69, 9.17) is 16.3 Å². The number of ether oxygens (including phenoxy) is 1. The number of nitrogens with one attached hydrogen (secondary N) is 1. The molecule has 1 amide bonds. The standard InChI is InChI=1S/C38H38BrClN2O4/c1-37(2)17-28-35(30(43)19-37)34(36-29(18-38(3,4)20-31(36)44)42(28)21-23-10-6-5-7-11-23)24-14-15-32(25(39)16-24)46-22-33(45)41-27-13-9-8-12-26(27)40/h5-16,34H,17-22H2,1-4H3,(H,41,45). The van der Waals surface area contributed by atoms with Gasteiger partial charge in [-0.3, -0.25) is 14.4 Å². The molecule has 2 aliphatic carbocycles. The topological polar surface area (TPSA) is 75.7 Å². The molecule has 238 valence electrons. The Bertz CT molecular complexity index is 1740. The molecular weight excluding hydrogens is 664 g/mol. The van der Waals surface area contributed by atoms with E-state index in [-0.39, 0.29) is 34.9 Å². The van der Waals surface area contributed by atoms with Gasteiger partial charge in [0.2, 0.25) is 0 Å². The fourth-order valence-corrected chi connectivity index (χ4v) is 7.74. The Morgan fingerprint density at radius 2 is 1.46 bits per heavy atom. The summed E-state index contributed by atoms with van der Waals surface area (Å²) in [6.45, 7) is 8.98. The number of allylic oxidation sites excluding steroid dienone is 4. The average molecular weight is 702 g/mol. The number of nitrogens with zero attached hydrogens (tertiary/aromatic N) is 1. The van der Waals surface area contributed by atoms with Crippen molar-refractivity contribution in [1.29, 1.82) is 0 Å². The molecule has 0 spiro atoms. The summed E-state index contributed by atoms with van der Waals surface area (Å²) in [5.41, 5.74) is 5.58. The van der Waals surface area contributed by atoms with E-state index in [0.29, 0.717) is 40.3 Å². The summed E-state index contributed by atoms with van der Waals surface area (Å²) in [6.07, 6.45) is 2.33. The first-order valence-electron chi connectivity index (χ1n) is 15.6. The van der Waals surface area contributed by atoms with Crippen LogP contribution >= 0.6 is 27.5 Å². The Labute approximate surface area is 284 Å². The van der Waals surface area contributed by atoms with Crippen molar-refractivity contribution in [3.8, 4) is 5.75 Å². The number of Topliss-reactive ketones (excluding diaryl/α,β-unsaturated/α-hetero) is 2. The molecule has 0 saturated heterocycles. The SMILES string of the molecule is CC1(C)CC(=O)C2=C(C1)N(Cc1ccccc1)C1=C(C(=O)CC(C)(C)C1)C2c1ccc(OCC(=O)Nc2ccccc2Cl)c(Br)c1. The number of amides is 1. The maximum atomic E-state index is 14.1. The molecule has 0 atom stereocenters. The minimum Gasteiger partial charge on any atom is -0.483 e. The largest absolute Gasteiger partial charge is 0.483 e. The van der Waals surface area contributed by atoms with Crippen LogP contribution in [0.2, 0.25) is 5.02 Å². The van der Waals surface area contributed by atoms with Crippen LogP contribution < -0.4 is 10.1 Å². The molecule has 1 heterocycles. The number of para-hydroxylation sites is 1. The van der Waals surface area contributed by atoms with E-state index in [9.17, 15) is 14.4 Å². The van der Waals surface area contributed by atoms with Gasteiger partial charge in [0, 0.05) is 47.8 Å². The van der Waals surface area contributed by atoms with Gasteiger partial charge in [-0.1, -0.05) is 87.8 Å². The minimum atomic E-state index is -0.474. The van der Waals surface area contributed by atoms with E-state index in [1.807, 2.05) is 30.3 Å². The van der Waals surface area contributed by atoms with Gasteiger partial charge in [-0.15, -0.1) is 0 Å². The highest BCUT2D eigenvalue weighted by Gasteiger charge is 2.49. The van der Waals surface area contributed by atoms with Crippen molar-refractivity contribution in [3.63, 3.8) is 0 Å². The van der Waals surface area contributed by atoms with Gasteiger partial charge < -0.3 is 15.0 Å². The Balaban J connectivity index is 1.38. The maximum absolute atomic E-state index is 14.1. The lowest BCUT2D eigenvalue weighted by Gasteiger charge is -2.49. The number of rotatable bonds is 7. The quantitative estimate of drug-likeness (QED) is 0.266. The molecular formula is C38H38BrClN2O4. The zero-order chi connectivity index (χ0) is 32.8. The van der Waals surface area contributed by atoms with Crippen LogP contribution in [0.5, 0.6) is 5.75 Å². The Morgan fingerprint density at radius 3 is 2.04 bits per heavy atom. The van der Waals surface area contributed by atoms with E-state index >= 15 is 0 Å². The highest BCUT2D eigenvalue weighted by atomic mass is 79.9. The van der Waals surface area contributed by atoms with Gasteiger partial charge in [-0.05, 0) is 75.0 Å². The fourth-order valence-electron chi connectivity index (χ4n) is 7.04. The van der Waals surface area contributed by atoms with E-state index in [1.54, 1.807) is 30.3 Å². The van der Waals surface area contributed by atoms with Crippen molar-refractivity contribution in [2.45, 2.75) is 65.8 Å². The highest BCUT2D eigenvalue weighted by molar-refractivity contribution is 9.10. The molecule has 0 bridgehead atoms. The molecule has 0 aromatic heterocycles. The van der Waals surface area contributed by atoms with Gasteiger partial charge in [0.1, 0.15) is 5.75 Å². The summed E-state index contributed by atoms with van der Waals surface area (Å²) in [4.78, 5) is 43.2. The molecule has 1 N–H and O–H groups in total. The number of hydrogen-bond donors (Lipinski definition) is 1. The third-order valence-electron chi connectivity index (χ3n) is 9.00. The minimum absolute atomic E-state index is 0.0891. The van der Waals surface area contributed by atoms with Crippen LogP contribution in [0.25, 0.3) is 0 Å². The lowest BCUT2D eigenvalue weighted by Crippen LogP contribution is -2.44. The number of carbonyl (C=O) groups is 3. The fraction of sp³-hybridized carbons (Fsp3) is 0.342. The third-order valence-corrected chi connectivity index (χ3v) is 9.95. The van der Waals surface area contributed by atoms with Crippen molar-refractivity contribution >= 4 is 50.7 Å². The predicted molar refractivity (Wildman–Crippen MR) is 185 cm³/mol. The third kappa shape index (κ3) is 6.58. The van der Waals surface area contributed by atoms with Crippen molar-refractivity contribution in [2.75, 3.05) is 11.9 Å². The number of halogens is 2. The first kappa shape index (κ1) is 32.3. The van der Waals surface area contributed by atoms with Crippen LogP contribution in [0.15, 0.2) is 99.8 Å². The van der Waals surface area contributed by atoms with Gasteiger partial charge >= 0.3 is 0 Å². The van der Waals surface area contributed by atoms with Gasteiger partial charge in [-0.2, -0.15) is 0 Å². The molecule has 6 rings (SSSR count). The molecule has 0 unspecified atom stereocenters. The Hall–Kier alpha value is -3.68.